The molecule has 6 aromatic rings. The first-order chi connectivity index (χ1) is 22.4. The maximum atomic E-state index is 13.1. The minimum Gasteiger partial charge on any atom is -0.497 e. The summed E-state index contributed by atoms with van der Waals surface area (Å²) in [5, 5.41) is 27.8. The van der Waals surface area contributed by atoms with Crippen LogP contribution in [0.1, 0.15) is 33.4 Å². The van der Waals surface area contributed by atoms with Gasteiger partial charge in [0, 0.05) is 11.1 Å². The average molecular weight is 613 g/mol. The molecule has 0 aliphatic heterocycles. The van der Waals surface area contributed by atoms with Gasteiger partial charge < -0.3 is 29.2 Å². The molecule has 0 spiro atoms. The standard InChI is InChI=1S/C40H36O6/c1-43-32-19-11-28(12-20-32)39(41,29-13-21-33(44-2)22-14-29)36-9-5-7-27-8-6-10-37(38(27)36)40(42,30-15-23-34(45-3)24-16-30)31-17-25-35(46-4)26-18-31/h5-26,41-42H,1-4H3. The zero-order chi connectivity index (χ0) is 32.3. The van der Waals surface area contributed by atoms with Crippen LogP contribution in [-0.4, -0.2) is 38.7 Å². The number of fused-ring (bicyclic) bond motifs is 1. The second-order valence-electron chi connectivity index (χ2n) is 11.0. The van der Waals surface area contributed by atoms with E-state index in [0.29, 0.717) is 61.8 Å². The molecule has 6 nitrogen and oxygen atoms in total. The van der Waals surface area contributed by atoms with Crippen molar-refractivity contribution in [2.75, 3.05) is 28.4 Å². The Hall–Kier alpha value is -5.30. The maximum Gasteiger partial charge on any atom is 0.141 e. The van der Waals surface area contributed by atoms with Crippen LogP contribution in [-0.2, 0) is 11.2 Å². The van der Waals surface area contributed by atoms with Gasteiger partial charge in [-0.15, -0.1) is 0 Å². The highest BCUT2D eigenvalue weighted by Gasteiger charge is 2.40. The predicted molar refractivity (Wildman–Crippen MR) is 180 cm³/mol. The van der Waals surface area contributed by atoms with Gasteiger partial charge in [0.15, 0.2) is 0 Å². The molecule has 0 amide bonds. The minimum atomic E-state index is -1.63. The fraction of sp³-hybridized carbons (Fsp3) is 0.150. The van der Waals surface area contributed by atoms with E-state index in [1.165, 1.54) is 0 Å². The van der Waals surface area contributed by atoms with E-state index in [-0.39, 0.29) is 0 Å². The lowest BCUT2D eigenvalue weighted by atomic mass is 9.73. The number of hydrogen-bond donors (Lipinski definition) is 2. The van der Waals surface area contributed by atoms with Crippen LogP contribution in [0.25, 0.3) is 10.8 Å². The van der Waals surface area contributed by atoms with Crippen molar-refractivity contribution >= 4 is 10.8 Å². The molecule has 46 heavy (non-hydrogen) atoms. The molecular weight excluding hydrogens is 576 g/mol. The highest BCUT2D eigenvalue weighted by Crippen LogP contribution is 2.47. The van der Waals surface area contributed by atoms with Crippen LogP contribution in [0.2, 0.25) is 0 Å². The fourth-order valence-corrected chi connectivity index (χ4v) is 6.23. The van der Waals surface area contributed by atoms with Crippen LogP contribution in [0.15, 0.2) is 133 Å². The number of aliphatic hydroxyl groups is 2. The van der Waals surface area contributed by atoms with Crippen molar-refractivity contribution in [2.45, 2.75) is 11.2 Å². The number of methoxy groups -OCH3 is 4. The Kier molecular flexibility index (Phi) is 8.41. The summed E-state index contributed by atoms with van der Waals surface area (Å²) in [5.41, 5.74) is 0.504. The first kappa shape index (κ1) is 30.7. The largest absolute Gasteiger partial charge is 0.497 e. The van der Waals surface area contributed by atoms with Gasteiger partial charge in [-0.05, 0) is 81.6 Å². The third kappa shape index (κ3) is 5.21. The zero-order valence-electron chi connectivity index (χ0n) is 26.2. The molecule has 232 valence electrons. The lowest BCUT2D eigenvalue weighted by Crippen LogP contribution is -2.32. The average Bonchev–Trinajstić information content (AvgIpc) is 3.13. The lowest BCUT2D eigenvalue weighted by molar-refractivity contribution is 0.122. The summed E-state index contributed by atoms with van der Waals surface area (Å²) in [6.45, 7) is 0. The molecule has 0 saturated carbocycles. The van der Waals surface area contributed by atoms with Gasteiger partial charge in [0.25, 0.3) is 0 Å². The monoisotopic (exact) mass is 612 g/mol. The van der Waals surface area contributed by atoms with E-state index >= 15 is 0 Å². The quantitative estimate of drug-likeness (QED) is 0.157. The molecule has 0 aromatic heterocycles. The van der Waals surface area contributed by atoms with E-state index in [2.05, 4.69) is 0 Å². The van der Waals surface area contributed by atoms with Crippen molar-refractivity contribution in [3.63, 3.8) is 0 Å². The fourth-order valence-electron chi connectivity index (χ4n) is 6.23. The van der Waals surface area contributed by atoms with Crippen molar-refractivity contribution in [2.24, 2.45) is 0 Å². The van der Waals surface area contributed by atoms with Gasteiger partial charge in [0.2, 0.25) is 0 Å². The second kappa shape index (κ2) is 12.6. The van der Waals surface area contributed by atoms with E-state index in [1.807, 2.05) is 133 Å². The molecule has 6 heteroatoms. The number of hydrogen-bond acceptors (Lipinski definition) is 6. The lowest BCUT2D eigenvalue weighted by Gasteiger charge is -2.35. The van der Waals surface area contributed by atoms with E-state index in [4.69, 9.17) is 18.9 Å². The minimum absolute atomic E-state index is 0.608. The molecule has 0 saturated heterocycles. The Morgan fingerprint density at radius 1 is 0.370 bits per heavy atom. The normalized spacial score (nSPS) is 11.7. The van der Waals surface area contributed by atoms with E-state index in [9.17, 15) is 10.2 Å². The third-order valence-corrected chi connectivity index (χ3v) is 8.72. The van der Waals surface area contributed by atoms with Gasteiger partial charge >= 0.3 is 0 Å². The first-order valence-electron chi connectivity index (χ1n) is 14.9. The van der Waals surface area contributed by atoms with Crippen LogP contribution in [0.3, 0.4) is 0 Å². The van der Waals surface area contributed by atoms with Crippen molar-refractivity contribution in [1.29, 1.82) is 0 Å². The molecule has 0 heterocycles. The predicted octanol–water partition coefficient (Wildman–Crippen LogP) is 7.44. The molecule has 0 atom stereocenters. The van der Waals surface area contributed by atoms with Crippen LogP contribution in [0.4, 0.5) is 0 Å². The Balaban J connectivity index is 1.69. The van der Waals surface area contributed by atoms with Gasteiger partial charge in [-0.1, -0.05) is 84.9 Å². The Morgan fingerprint density at radius 3 is 0.870 bits per heavy atom. The summed E-state index contributed by atoms with van der Waals surface area (Å²) >= 11 is 0. The molecule has 2 N–H and O–H groups in total. The third-order valence-electron chi connectivity index (χ3n) is 8.72. The van der Waals surface area contributed by atoms with Crippen LogP contribution < -0.4 is 18.9 Å². The van der Waals surface area contributed by atoms with Gasteiger partial charge in [-0.25, -0.2) is 0 Å². The van der Waals surface area contributed by atoms with Crippen molar-refractivity contribution in [3.8, 4) is 23.0 Å². The SMILES string of the molecule is COc1ccc(C(O)(c2ccc(OC)cc2)c2cccc3cccc(C(O)(c4ccc(OC)cc4)c4ccc(OC)cc4)c23)cc1. The number of ether oxygens (including phenoxy) is 4. The van der Waals surface area contributed by atoms with Crippen LogP contribution in [0, 0.1) is 0 Å². The molecule has 6 rings (SSSR count). The molecule has 0 aliphatic rings. The number of benzene rings is 6. The Bertz CT molecular complexity index is 1690. The molecule has 6 aromatic carbocycles. The molecule has 0 radical (unpaired) electrons. The van der Waals surface area contributed by atoms with Gasteiger partial charge in [0.1, 0.15) is 34.2 Å². The summed E-state index contributed by atoms with van der Waals surface area (Å²) < 4.78 is 21.8. The second-order valence-corrected chi connectivity index (χ2v) is 11.0. The van der Waals surface area contributed by atoms with Crippen molar-refractivity contribution in [1.82, 2.24) is 0 Å². The molecule has 0 aliphatic carbocycles. The summed E-state index contributed by atoms with van der Waals surface area (Å²) in [4.78, 5) is 0. The number of rotatable bonds is 10. The Morgan fingerprint density at radius 2 is 0.630 bits per heavy atom. The highest BCUT2D eigenvalue weighted by molar-refractivity contribution is 5.92. The summed E-state index contributed by atoms with van der Waals surface area (Å²) in [5.74, 6) is 2.70. The van der Waals surface area contributed by atoms with Gasteiger partial charge in [0.05, 0.1) is 28.4 Å². The Labute approximate surface area is 269 Å². The topological polar surface area (TPSA) is 77.4 Å². The highest BCUT2D eigenvalue weighted by atomic mass is 16.5. The smallest absolute Gasteiger partial charge is 0.141 e. The molecule has 0 bridgehead atoms. The van der Waals surface area contributed by atoms with Gasteiger partial charge in [-0.3, -0.25) is 0 Å². The zero-order valence-corrected chi connectivity index (χ0v) is 26.2. The van der Waals surface area contributed by atoms with Gasteiger partial charge in [-0.2, -0.15) is 0 Å². The molecular formula is C40H36O6. The summed E-state index contributed by atoms with van der Waals surface area (Å²) in [7, 11) is 6.45. The van der Waals surface area contributed by atoms with Crippen molar-refractivity contribution in [3.05, 3.63) is 167 Å². The summed E-state index contributed by atoms with van der Waals surface area (Å²) in [6, 6.07) is 41.3. The van der Waals surface area contributed by atoms with E-state index < -0.39 is 11.2 Å². The molecule has 0 unspecified atom stereocenters. The van der Waals surface area contributed by atoms with Crippen LogP contribution in [0.5, 0.6) is 23.0 Å². The van der Waals surface area contributed by atoms with Crippen LogP contribution >= 0.6 is 0 Å². The summed E-state index contributed by atoms with van der Waals surface area (Å²) in [6.07, 6.45) is 0. The molecule has 0 fully saturated rings. The van der Waals surface area contributed by atoms with E-state index in [0.717, 1.165) is 5.39 Å². The maximum absolute atomic E-state index is 13.1. The first-order valence-corrected chi connectivity index (χ1v) is 14.9. The van der Waals surface area contributed by atoms with Crippen molar-refractivity contribution < 1.29 is 29.2 Å². The van der Waals surface area contributed by atoms with E-state index in [1.54, 1.807) is 28.4 Å².